The molecule has 1 N–H and O–H groups in total. The molecule has 0 radical (unpaired) electrons. The van der Waals surface area contributed by atoms with Gasteiger partial charge in [0.25, 0.3) is 0 Å². The Bertz CT molecular complexity index is 921. The van der Waals surface area contributed by atoms with Gasteiger partial charge in [0.15, 0.2) is 10.1 Å². The number of thiophene rings is 1. The maximum absolute atomic E-state index is 12.9. The highest BCUT2D eigenvalue weighted by molar-refractivity contribution is 8.01. The summed E-state index contributed by atoms with van der Waals surface area (Å²) in [5.41, 5.74) is 0.440. The molecule has 0 bridgehead atoms. The Morgan fingerprint density at radius 1 is 1.19 bits per heavy atom. The van der Waals surface area contributed by atoms with Crippen LogP contribution in [0.25, 0.3) is 6.08 Å². The Kier molecular flexibility index (Phi) is 6.26. The molecule has 0 aliphatic rings. The number of Topliss-reactive ketones (excluding diaryl/α,β-unsaturated/α-hetero) is 1. The molecule has 3 aromatic rings. The second-order valence-electron chi connectivity index (χ2n) is 4.93. The summed E-state index contributed by atoms with van der Waals surface area (Å²) in [6.45, 7) is 0. The standard InChI is InChI=1S/C17H12FN3O2S3/c18-12-5-3-11(4-6-12)14(22)10-25-17-21-20-16(26-17)19-15(23)8-7-13-2-1-9-24-13/h1-9H,10H2,(H,19,20,23)/b8-7+. The molecule has 1 aromatic carbocycles. The van der Waals surface area contributed by atoms with E-state index in [1.807, 2.05) is 17.5 Å². The zero-order chi connectivity index (χ0) is 18.4. The fourth-order valence-electron chi connectivity index (χ4n) is 1.86. The maximum atomic E-state index is 12.9. The molecule has 3 rings (SSSR count). The van der Waals surface area contributed by atoms with Crippen molar-refractivity contribution in [3.63, 3.8) is 0 Å². The minimum Gasteiger partial charge on any atom is -0.297 e. The van der Waals surface area contributed by atoms with Gasteiger partial charge in [-0.25, -0.2) is 4.39 Å². The second kappa shape index (κ2) is 8.84. The van der Waals surface area contributed by atoms with Crippen LogP contribution in [0.3, 0.4) is 0 Å². The van der Waals surface area contributed by atoms with Crippen molar-refractivity contribution in [2.45, 2.75) is 4.34 Å². The van der Waals surface area contributed by atoms with E-state index in [2.05, 4.69) is 15.5 Å². The van der Waals surface area contributed by atoms with Crippen LogP contribution in [0.4, 0.5) is 9.52 Å². The Hall–Kier alpha value is -2.36. The normalized spacial score (nSPS) is 11.0. The van der Waals surface area contributed by atoms with Gasteiger partial charge in [0, 0.05) is 16.5 Å². The number of carbonyl (C=O) groups is 2. The number of amides is 1. The molecule has 5 nitrogen and oxygen atoms in total. The molecular formula is C17H12FN3O2S3. The Morgan fingerprint density at radius 3 is 2.73 bits per heavy atom. The fourth-order valence-corrected chi connectivity index (χ4v) is 4.12. The van der Waals surface area contributed by atoms with Crippen LogP contribution in [0.1, 0.15) is 15.2 Å². The number of ketones is 1. The van der Waals surface area contributed by atoms with Crippen LogP contribution >= 0.6 is 34.4 Å². The van der Waals surface area contributed by atoms with Crippen LogP contribution in [0.15, 0.2) is 52.2 Å². The van der Waals surface area contributed by atoms with Crippen molar-refractivity contribution in [2.75, 3.05) is 11.1 Å². The van der Waals surface area contributed by atoms with E-state index >= 15 is 0 Å². The van der Waals surface area contributed by atoms with E-state index in [0.29, 0.717) is 15.0 Å². The largest absolute Gasteiger partial charge is 0.297 e. The van der Waals surface area contributed by atoms with E-state index in [-0.39, 0.29) is 23.3 Å². The van der Waals surface area contributed by atoms with Crippen molar-refractivity contribution in [2.24, 2.45) is 0 Å². The lowest BCUT2D eigenvalue weighted by Gasteiger charge is -1.98. The van der Waals surface area contributed by atoms with Gasteiger partial charge >= 0.3 is 0 Å². The highest BCUT2D eigenvalue weighted by Crippen LogP contribution is 2.26. The summed E-state index contributed by atoms with van der Waals surface area (Å²) in [4.78, 5) is 24.9. The first-order valence-electron chi connectivity index (χ1n) is 7.38. The third-order valence-electron chi connectivity index (χ3n) is 3.07. The summed E-state index contributed by atoms with van der Waals surface area (Å²) in [5.74, 6) is -0.651. The van der Waals surface area contributed by atoms with Gasteiger partial charge < -0.3 is 0 Å². The number of thioether (sulfide) groups is 1. The van der Waals surface area contributed by atoms with Crippen molar-refractivity contribution >= 4 is 57.3 Å². The number of hydrogen-bond acceptors (Lipinski definition) is 7. The molecule has 132 valence electrons. The van der Waals surface area contributed by atoms with Crippen LogP contribution in [-0.4, -0.2) is 27.6 Å². The molecule has 9 heteroatoms. The highest BCUT2D eigenvalue weighted by Gasteiger charge is 2.11. The van der Waals surface area contributed by atoms with E-state index in [1.54, 1.807) is 6.08 Å². The van der Waals surface area contributed by atoms with E-state index < -0.39 is 0 Å². The van der Waals surface area contributed by atoms with Crippen molar-refractivity contribution in [3.05, 3.63) is 64.1 Å². The van der Waals surface area contributed by atoms with Crippen LogP contribution in [0.5, 0.6) is 0 Å². The van der Waals surface area contributed by atoms with E-state index in [0.717, 1.165) is 4.88 Å². The highest BCUT2D eigenvalue weighted by atomic mass is 32.2. The summed E-state index contributed by atoms with van der Waals surface area (Å²) in [7, 11) is 0. The van der Waals surface area contributed by atoms with Crippen LogP contribution < -0.4 is 5.32 Å². The molecule has 2 heterocycles. The number of carbonyl (C=O) groups excluding carboxylic acids is 2. The van der Waals surface area contributed by atoms with Crippen LogP contribution in [-0.2, 0) is 4.79 Å². The summed E-state index contributed by atoms with van der Waals surface area (Å²) >= 11 is 3.95. The molecule has 0 spiro atoms. The van der Waals surface area contributed by atoms with Crippen molar-refractivity contribution in [1.29, 1.82) is 0 Å². The smallest absolute Gasteiger partial charge is 0.250 e. The van der Waals surface area contributed by atoms with E-state index in [9.17, 15) is 14.0 Å². The molecule has 1 amide bonds. The lowest BCUT2D eigenvalue weighted by Crippen LogP contribution is -2.07. The SMILES string of the molecule is O=C(/C=C/c1cccs1)Nc1nnc(SCC(=O)c2ccc(F)cc2)s1. The fraction of sp³-hybridized carbons (Fsp3) is 0.0588. The lowest BCUT2D eigenvalue weighted by atomic mass is 10.1. The topological polar surface area (TPSA) is 72.0 Å². The van der Waals surface area contributed by atoms with Crippen molar-refractivity contribution < 1.29 is 14.0 Å². The minimum absolute atomic E-state index is 0.130. The number of benzene rings is 1. The van der Waals surface area contributed by atoms with E-state index in [1.165, 1.54) is 64.8 Å². The lowest BCUT2D eigenvalue weighted by molar-refractivity contribution is -0.111. The summed E-state index contributed by atoms with van der Waals surface area (Å²) < 4.78 is 13.4. The summed E-state index contributed by atoms with van der Waals surface area (Å²) in [6, 6.07) is 9.21. The van der Waals surface area contributed by atoms with Crippen molar-refractivity contribution in [1.82, 2.24) is 10.2 Å². The zero-order valence-electron chi connectivity index (χ0n) is 13.2. The number of nitrogens with one attached hydrogen (secondary N) is 1. The minimum atomic E-state index is -0.383. The van der Waals surface area contributed by atoms with Crippen LogP contribution in [0, 0.1) is 5.82 Å². The molecule has 0 unspecified atom stereocenters. The first-order chi connectivity index (χ1) is 12.6. The van der Waals surface area contributed by atoms with Gasteiger partial charge in [0.1, 0.15) is 5.82 Å². The van der Waals surface area contributed by atoms with Gasteiger partial charge in [-0.05, 0) is 41.8 Å². The monoisotopic (exact) mass is 405 g/mol. The number of hydrogen-bond donors (Lipinski definition) is 1. The predicted octanol–water partition coefficient (Wildman–Crippen LogP) is 4.37. The summed E-state index contributed by atoms with van der Waals surface area (Å²) in [6.07, 6.45) is 3.15. The van der Waals surface area contributed by atoms with Gasteiger partial charge in [-0.15, -0.1) is 21.5 Å². The Balaban J connectivity index is 1.50. The molecule has 0 aliphatic heterocycles. The molecule has 0 atom stereocenters. The quantitative estimate of drug-likeness (QED) is 0.274. The first-order valence-corrected chi connectivity index (χ1v) is 10.1. The van der Waals surface area contributed by atoms with Gasteiger partial charge in [-0.2, -0.15) is 0 Å². The molecule has 26 heavy (non-hydrogen) atoms. The number of halogens is 1. The molecular weight excluding hydrogens is 393 g/mol. The summed E-state index contributed by atoms with van der Waals surface area (Å²) in [5, 5.41) is 12.8. The number of nitrogens with zero attached hydrogens (tertiary/aromatic N) is 2. The van der Waals surface area contributed by atoms with Crippen LogP contribution in [0.2, 0.25) is 0 Å². The van der Waals surface area contributed by atoms with Crippen molar-refractivity contribution in [3.8, 4) is 0 Å². The van der Waals surface area contributed by atoms with Gasteiger partial charge in [-0.3, -0.25) is 14.9 Å². The molecule has 0 saturated carbocycles. The van der Waals surface area contributed by atoms with Gasteiger partial charge in [-0.1, -0.05) is 29.2 Å². The van der Waals surface area contributed by atoms with Gasteiger partial charge in [0.2, 0.25) is 11.0 Å². The zero-order valence-corrected chi connectivity index (χ0v) is 15.7. The van der Waals surface area contributed by atoms with Gasteiger partial charge in [0.05, 0.1) is 5.75 Å². The molecule has 0 saturated heterocycles. The molecule has 0 fully saturated rings. The number of anilines is 1. The maximum Gasteiger partial charge on any atom is 0.250 e. The molecule has 2 aromatic heterocycles. The number of rotatable bonds is 7. The third kappa shape index (κ3) is 5.32. The average Bonchev–Trinajstić information content (AvgIpc) is 3.30. The second-order valence-corrected chi connectivity index (χ2v) is 8.11. The number of aromatic nitrogens is 2. The molecule has 0 aliphatic carbocycles. The van der Waals surface area contributed by atoms with E-state index in [4.69, 9.17) is 0 Å². The Labute approximate surface area is 161 Å². The first kappa shape index (κ1) is 18.4. The third-order valence-corrected chi connectivity index (χ3v) is 5.88. The average molecular weight is 406 g/mol. The Morgan fingerprint density at radius 2 is 2.00 bits per heavy atom. The predicted molar refractivity (Wildman–Crippen MR) is 103 cm³/mol.